The molecule has 1 aliphatic heterocycles. The fraction of sp³-hybridized carbons (Fsp3) is 0.600. The van der Waals surface area contributed by atoms with E-state index in [0.717, 1.165) is 30.9 Å². The van der Waals surface area contributed by atoms with Crippen molar-refractivity contribution >= 4 is 17.2 Å². The van der Waals surface area contributed by atoms with Gasteiger partial charge in [0.25, 0.3) is 5.91 Å². The minimum atomic E-state index is 0.130. The molecule has 0 atom stereocenters. The van der Waals surface area contributed by atoms with E-state index in [-0.39, 0.29) is 5.91 Å². The highest BCUT2D eigenvalue weighted by atomic mass is 32.1. The molecule has 0 saturated carbocycles. The topological polar surface area (TPSA) is 45.2 Å². The van der Waals surface area contributed by atoms with Gasteiger partial charge >= 0.3 is 0 Å². The van der Waals surface area contributed by atoms with E-state index in [0.29, 0.717) is 6.04 Å². The number of aromatic nitrogens is 1. The highest BCUT2D eigenvalue weighted by molar-refractivity contribution is 7.11. The molecule has 1 fully saturated rings. The molecule has 0 aliphatic carbocycles. The Morgan fingerprint density at radius 1 is 1.73 bits per heavy atom. The van der Waals surface area contributed by atoms with Crippen molar-refractivity contribution in [3.8, 4) is 0 Å². The van der Waals surface area contributed by atoms with Crippen molar-refractivity contribution < 1.29 is 4.79 Å². The van der Waals surface area contributed by atoms with E-state index < -0.39 is 0 Å². The van der Waals surface area contributed by atoms with Crippen molar-refractivity contribution in [2.45, 2.75) is 19.4 Å². The average molecular weight is 225 g/mol. The Morgan fingerprint density at radius 3 is 3.00 bits per heavy atom. The molecular weight excluding hydrogens is 210 g/mol. The van der Waals surface area contributed by atoms with Gasteiger partial charge in [0, 0.05) is 19.6 Å². The lowest BCUT2D eigenvalue weighted by atomic mass is 10.1. The molecule has 0 bridgehead atoms. The van der Waals surface area contributed by atoms with Crippen LogP contribution in [0.4, 0.5) is 0 Å². The van der Waals surface area contributed by atoms with Gasteiger partial charge < -0.3 is 10.2 Å². The zero-order chi connectivity index (χ0) is 10.7. The van der Waals surface area contributed by atoms with Crippen molar-refractivity contribution in [1.29, 1.82) is 0 Å². The van der Waals surface area contributed by atoms with Gasteiger partial charge in [-0.25, -0.2) is 0 Å². The zero-order valence-electron chi connectivity index (χ0n) is 8.77. The summed E-state index contributed by atoms with van der Waals surface area (Å²) in [6.45, 7) is 4.78. The van der Waals surface area contributed by atoms with E-state index in [1.54, 1.807) is 11.7 Å². The maximum absolute atomic E-state index is 12.1. The van der Waals surface area contributed by atoms with Crippen LogP contribution in [-0.2, 0) is 0 Å². The van der Waals surface area contributed by atoms with Crippen LogP contribution in [0.1, 0.15) is 23.0 Å². The third-order valence-electron chi connectivity index (χ3n) is 2.57. The Labute approximate surface area is 93.3 Å². The quantitative estimate of drug-likeness (QED) is 0.830. The monoisotopic (exact) mass is 225 g/mol. The number of carbonyl (C=O) groups is 1. The minimum absolute atomic E-state index is 0.130. The van der Waals surface area contributed by atoms with Crippen LogP contribution in [0.25, 0.3) is 0 Å². The maximum atomic E-state index is 12.1. The van der Waals surface area contributed by atoms with E-state index in [1.165, 1.54) is 11.3 Å². The lowest BCUT2D eigenvalue weighted by molar-refractivity contribution is 0.0620. The predicted octanol–water partition coefficient (Wildman–Crippen LogP) is 0.967. The fourth-order valence-corrected chi connectivity index (χ4v) is 2.22. The Hall–Kier alpha value is -0.940. The third kappa shape index (κ3) is 2.18. The molecule has 15 heavy (non-hydrogen) atoms. The molecule has 82 valence electrons. The molecule has 1 saturated heterocycles. The van der Waals surface area contributed by atoms with Crippen molar-refractivity contribution in [3.63, 3.8) is 0 Å². The molecule has 1 aliphatic rings. The highest BCUT2D eigenvalue weighted by Crippen LogP contribution is 2.14. The zero-order valence-corrected chi connectivity index (χ0v) is 9.59. The molecule has 0 unspecified atom stereocenters. The first-order valence-electron chi connectivity index (χ1n) is 5.23. The molecule has 1 aromatic heterocycles. The van der Waals surface area contributed by atoms with Gasteiger partial charge in [0.1, 0.15) is 4.88 Å². The number of carbonyl (C=O) groups excluding carboxylic acids is 1. The lowest BCUT2D eigenvalue weighted by Gasteiger charge is -2.37. The second-order valence-corrected chi connectivity index (χ2v) is 4.56. The van der Waals surface area contributed by atoms with Crippen molar-refractivity contribution in [3.05, 3.63) is 16.6 Å². The van der Waals surface area contributed by atoms with E-state index in [1.807, 2.05) is 4.90 Å². The largest absolute Gasteiger partial charge is 0.332 e. The van der Waals surface area contributed by atoms with Crippen molar-refractivity contribution in [1.82, 2.24) is 15.2 Å². The summed E-state index contributed by atoms with van der Waals surface area (Å²) in [5.41, 5.74) is 1.70. The Balaban J connectivity index is 2.06. The number of nitrogens with one attached hydrogen (secondary N) is 1. The SMILES string of the molecule is CCCN(C(=O)c1cncs1)C1CNC1. The molecule has 5 heteroatoms. The molecule has 2 rings (SSSR count). The number of hydrogen-bond donors (Lipinski definition) is 1. The van der Waals surface area contributed by atoms with Gasteiger partial charge in [0.2, 0.25) is 0 Å². The molecule has 4 nitrogen and oxygen atoms in total. The standard InChI is InChI=1S/C10H15N3OS/c1-2-3-13(8-4-11-5-8)10(14)9-6-12-7-15-9/h6-8,11H,2-5H2,1H3. The second-order valence-electron chi connectivity index (χ2n) is 3.68. The summed E-state index contributed by atoms with van der Waals surface area (Å²) in [5.74, 6) is 0.130. The molecule has 0 aromatic carbocycles. The number of hydrogen-bond acceptors (Lipinski definition) is 4. The van der Waals surface area contributed by atoms with Crippen LogP contribution in [0.15, 0.2) is 11.7 Å². The van der Waals surface area contributed by atoms with E-state index in [4.69, 9.17) is 0 Å². The second kappa shape index (κ2) is 4.72. The summed E-state index contributed by atoms with van der Waals surface area (Å²) in [5, 5.41) is 3.19. The third-order valence-corrected chi connectivity index (χ3v) is 3.33. The van der Waals surface area contributed by atoms with E-state index in [9.17, 15) is 4.79 Å². The molecular formula is C10H15N3OS. The van der Waals surface area contributed by atoms with Gasteiger partial charge in [0.15, 0.2) is 0 Å². The predicted molar refractivity (Wildman–Crippen MR) is 60.1 cm³/mol. The highest BCUT2D eigenvalue weighted by Gasteiger charge is 2.28. The van der Waals surface area contributed by atoms with Crippen molar-refractivity contribution in [2.24, 2.45) is 0 Å². The molecule has 2 heterocycles. The van der Waals surface area contributed by atoms with Crippen LogP contribution in [0.5, 0.6) is 0 Å². The Kier molecular flexibility index (Phi) is 3.33. The number of amides is 1. The molecule has 0 radical (unpaired) electrons. The van der Waals surface area contributed by atoms with Gasteiger partial charge in [-0.3, -0.25) is 9.78 Å². The molecule has 1 aromatic rings. The Morgan fingerprint density at radius 2 is 2.53 bits per heavy atom. The summed E-state index contributed by atoms with van der Waals surface area (Å²) >= 11 is 1.41. The van der Waals surface area contributed by atoms with Gasteiger partial charge in [-0.05, 0) is 6.42 Å². The average Bonchev–Trinajstić information content (AvgIpc) is 2.66. The first-order valence-corrected chi connectivity index (χ1v) is 6.11. The number of thiazole rings is 1. The first kappa shape index (κ1) is 10.6. The Bertz CT molecular complexity index is 321. The molecule has 1 amide bonds. The van der Waals surface area contributed by atoms with Crippen LogP contribution in [-0.4, -0.2) is 41.5 Å². The van der Waals surface area contributed by atoms with E-state index in [2.05, 4.69) is 17.2 Å². The van der Waals surface area contributed by atoms with Crippen LogP contribution in [0, 0.1) is 0 Å². The lowest BCUT2D eigenvalue weighted by Crippen LogP contribution is -2.58. The summed E-state index contributed by atoms with van der Waals surface area (Å²) in [4.78, 5) is 18.8. The maximum Gasteiger partial charge on any atom is 0.265 e. The summed E-state index contributed by atoms with van der Waals surface area (Å²) in [6.07, 6.45) is 2.66. The summed E-state index contributed by atoms with van der Waals surface area (Å²) in [6, 6.07) is 0.375. The van der Waals surface area contributed by atoms with Gasteiger partial charge in [-0.2, -0.15) is 0 Å². The van der Waals surface area contributed by atoms with Crippen LogP contribution >= 0.6 is 11.3 Å². The van der Waals surface area contributed by atoms with Gasteiger partial charge in [0.05, 0.1) is 17.7 Å². The normalized spacial score (nSPS) is 16.1. The van der Waals surface area contributed by atoms with Crippen LogP contribution in [0.3, 0.4) is 0 Å². The molecule has 1 N–H and O–H groups in total. The van der Waals surface area contributed by atoms with Crippen molar-refractivity contribution in [2.75, 3.05) is 19.6 Å². The van der Waals surface area contributed by atoms with E-state index >= 15 is 0 Å². The first-order chi connectivity index (χ1) is 7.33. The molecule has 0 spiro atoms. The van der Waals surface area contributed by atoms with Gasteiger partial charge in [-0.1, -0.05) is 6.92 Å². The van der Waals surface area contributed by atoms with Crippen LogP contribution in [0.2, 0.25) is 0 Å². The fourth-order valence-electron chi connectivity index (χ4n) is 1.65. The summed E-state index contributed by atoms with van der Waals surface area (Å²) < 4.78 is 0. The number of rotatable bonds is 4. The smallest absolute Gasteiger partial charge is 0.265 e. The van der Waals surface area contributed by atoms with Gasteiger partial charge in [-0.15, -0.1) is 11.3 Å². The van der Waals surface area contributed by atoms with Crippen LogP contribution < -0.4 is 5.32 Å². The number of nitrogens with zero attached hydrogens (tertiary/aromatic N) is 2. The summed E-state index contributed by atoms with van der Waals surface area (Å²) in [7, 11) is 0. The minimum Gasteiger partial charge on any atom is -0.332 e.